The zero-order chi connectivity index (χ0) is 20.8. The van der Waals surface area contributed by atoms with Gasteiger partial charge < -0.3 is 19.4 Å². The van der Waals surface area contributed by atoms with Gasteiger partial charge in [0.15, 0.2) is 0 Å². The Labute approximate surface area is 167 Å². The molecule has 0 unspecified atom stereocenters. The fraction of sp³-hybridized carbons (Fsp3) is 0.300. The van der Waals surface area contributed by atoms with Crippen LogP contribution in [0.1, 0.15) is 23.8 Å². The molecule has 0 spiro atoms. The van der Waals surface area contributed by atoms with E-state index >= 15 is 0 Å². The zero-order valence-electron chi connectivity index (χ0n) is 15.8. The van der Waals surface area contributed by atoms with Crippen LogP contribution >= 0.6 is 0 Å². The summed E-state index contributed by atoms with van der Waals surface area (Å²) in [6.07, 6.45) is 0.185. The molecule has 2 heterocycles. The molecule has 2 N–H and O–H groups in total. The summed E-state index contributed by atoms with van der Waals surface area (Å²) in [5.74, 6) is -1.76. The molecule has 9 heteroatoms. The number of ether oxygens (including phenoxy) is 1. The average Bonchev–Trinajstić information content (AvgIpc) is 3.36. The fourth-order valence-electron chi connectivity index (χ4n) is 3.03. The molecule has 1 aromatic carbocycles. The minimum Gasteiger partial charge on any atom is -0.467 e. The van der Waals surface area contributed by atoms with Crippen molar-refractivity contribution in [2.45, 2.75) is 19.1 Å². The number of nitrogens with zero attached hydrogens (tertiary/aromatic N) is 1. The Kier molecular flexibility index (Phi) is 6.28. The predicted octanol–water partition coefficient (Wildman–Crippen LogP) is 1.37. The predicted molar refractivity (Wildman–Crippen MR) is 100 cm³/mol. The minimum absolute atomic E-state index is 0.0158. The van der Waals surface area contributed by atoms with Crippen LogP contribution in [-0.2, 0) is 25.7 Å². The lowest BCUT2D eigenvalue weighted by molar-refractivity contribution is -0.159. The number of imide groups is 1. The van der Waals surface area contributed by atoms with Gasteiger partial charge in [0.25, 0.3) is 5.91 Å². The van der Waals surface area contributed by atoms with Gasteiger partial charge in [-0.1, -0.05) is 30.3 Å². The number of benzene rings is 1. The number of furan rings is 1. The largest absolute Gasteiger partial charge is 0.467 e. The molecule has 0 saturated carbocycles. The molecule has 1 aromatic heterocycles. The van der Waals surface area contributed by atoms with E-state index in [1.165, 1.54) is 18.2 Å². The molecule has 0 aliphatic carbocycles. The van der Waals surface area contributed by atoms with Gasteiger partial charge in [-0.25, -0.2) is 4.79 Å². The van der Waals surface area contributed by atoms with E-state index in [-0.39, 0.29) is 25.4 Å². The number of hydrogen-bond acceptors (Lipinski definition) is 6. The summed E-state index contributed by atoms with van der Waals surface area (Å²) in [5.41, 5.74) is 0.416. The van der Waals surface area contributed by atoms with Crippen LogP contribution in [0.3, 0.4) is 0 Å². The van der Waals surface area contributed by atoms with Crippen LogP contribution in [-0.4, -0.2) is 42.3 Å². The number of urea groups is 1. The lowest BCUT2D eigenvalue weighted by Crippen LogP contribution is -2.41. The normalized spacial score (nSPS) is 16.9. The number of esters is 1. The SMILES string of the molecule is CNC(=O)NC(=O)[C@@H](OC(=O)[C@@H]1CC(=O)N(Cc2ccco2)C1)c1ccccc1. The summed E-state index contributed by atoms with van der Waals surface area (Å²) in [5, 5.41) is 4.39. The van der Waals surface area contributed by atoms with Crippen molar-refractivity contribution in [2.75, 3.05) is 13.6 Å². The van der Waals surface area contributed by atoms with Gasteiger partial charge >= 0.3 is 12.0 Å². The van der Waals surface area contributed by atoms with Gasteiger partial charge in [0.1, 0.15) is 5.76 Å². The number of nitrogens with one attached hydrogen (secondary N) is 2. The number of carbonyl (C=O) groups is 4. The standard InChI is InChI=1S/C20H21N3O6/c1-21-20(27)22-18(25)17(13-6-3-2-4-7-13)29-19(26)14-10-16(24)23(11-14)12-15-8-5-9-28-15/h2-9,14,17H,10-12H2,1H3,(H2,21,22,25,27)/t14-,17+/m1/s1. The Morgan fingerprint density at radius 1 is 1.21 bits per heavy atom. The van der Waals surface area contributed by atoms with Crippen molar-refractivity contribution in [1.82, 2.24) is 15.5 Å². The minimum atomic E-state index is -1.31. The van der Waals surface area contributed by atoms with E-state index < -0.39 is 29.9 Å². The van der Waals surface area contributed by atoms with Crippen LogP contribution < -0.4 is 10.6 Å². The molecular weight excluding hydrogens is 378 g/mol. The number of likely N-dealkylation sites (tertiary alicyclic amines) is 1. The molecule has 3 rings (SSSR count). The average molecular weight is 399 g/mol. The molecule has 0 radical (unpaired) electrons. The Bertz CT molecular complexity index is 881. The van der Waals surface area contributed by atoms with E-state index in [1.54, 1.807) is 42.5 Å². The highest BCUT2D eigenvalue weighted by molar-refractivity contribution is 5.98. The van der Waals surface area contributed by atoms with E-state index in [1.807, 2.05) is 0 Å². The molecule has 2 aromatic rings. The van der Waals surface area contributed by atoms with E-state index in [0.717, 1.165) is 0 Å². The molecule has 9 nitrogen and oxygen atoms in total. The molecule has 152 valence electrons. The summed E-state index contributed by atoms with van der Waals surface area (Å²) in [7, 11) is 1.36. The third-order valence-electron chi connectivity index (χ3n) is 4.51. The Balaban J connectivity index is 1.68. The Morgan fingerprint density at radius 3 is 2.62 bits per heavy atom. The molecule has 0 bridgehead atoms. The first-order valence-electron chi connectivity index (χ1n) is 9.06. The maximum Gasteiger partial charge on any atom is 0.321 e. The topological polar surface area (TPSA) is 118 Å². The molecule has 2 atom stereocenters. The number of rotatable bonds is 6. The van der Waals surface area contributed by atoms with Crippen molar-refractivity contribution in [1.29, 1.82) is 0 Å². The van der Waals surface area contributed by atoms with Crippen molar-refractivity contribution in [3.8, 4) is 0 Å². The number of carbonyl (C=O) groups excluding carboxylic acids is 4. The lowest BCUT2D eigenvalue weighted by Gasteiger charge is -2.20. The highest BCUT2D eigenvalue weighted by Crippen LogP contribution is 2.25. The summed E-state index contributed by atoms with van der Waals surface area (Å²) in [4.78, 5) is 50.4. The zero-order valence-corrected chi connectivity index (χ0v) is 15.8. The van der Waals surface area contributed by atoms with Crippen molar-refractivity contribution < 1.29 is 28.3 Å². The molecular formula is C20H21N3O6. The van der Waals surface area contributed by atoms with Crippen LogP contribution in [0.4, 0.5) is 4.79 Å². The highest BCUT2D eigenvalue weighted by atomic mass is 16.5. The maximum atomic E-state index is 12.7. The Morgan fingerprint density at radius 2 is 1.97 bits per heavy atom. The van der Waals surface area contributed by atoms with Crippen molar-refractivity contribution in [2.24, 2.45) is 5.92 Å². The molecule has 1 aliphatic rings. The number of amides is 4. The van der Waals surface area contributed by atoms with Crippen molar-refractivity contribution in [3.05, 3.63) is 60.1 Å². The lowest BCUT2D eigenvalue weighted by atomic mass is 10.1. The number of hydrogen-bond donors (Lipinski definition) is 2. The van der Waals surface area contributed by atoms with Crippen LogP contribution in [0.25, 0.3) is 0 Å². The third-order valence-corrected chi connectivity index (χ3v) is 4.51. The van der Waals surface area contributed by atoms with E-state index in [0.29, 0.717) is 11.3 Å². The second kappa shape index (κ2) is 9.05. The summed E-state index contributed by atoms with van der Waals surface area (Å²) >= 11 is 0. The summed E-state index contributed by atoms with van der Waals surface area (Å²) < 4.78 is 10.7. The van der Waals surface area contributed by atoms with E-state index in [4.69, 9.17) is 9.15 Å². The van der Waals surface area contributed by atoms with Crippen LogP contribution in [0, 0.1) is 5.92 Å². The van der Waals surface area contributed by atoms with Gasteiger partial charge in [0.05, 0.1) is 18.7 Å². The van der Waals surface area contributed by atoms with Gasteiger partial charge in [-0.05, 0) is 12.1 Å². The van der Waals surface area contributed by atoms with Crippen molar-refractivity contribution in [3.63, 3.8) is 0 Å². The van der Waals surface area contributed by atoms with Gasteiger partial charge in [0, 0.05) is 25.6 Å². The Hall–Kier alpha value is -3.62. The smallest absolute Gasteiger partial charge is 0.321 e. The first kappa shape index (κ1) is 20.1. The molecule has 1 fully saturated rings. The molecule has 29 heavy (non-hydrogen) atoms. The van der Waals surface area contributed by atoms with E-state index in [9.17, 15) is 19.2 Å². The van der Waals surface area contributed by atoms with Gasteiger partial charge in [-0.3, -0.25) is 19.7 Å². The summed E-state index contributed by atoms with van der Waals surface area (Å²) in [6.45, 7) is 0.422. The van der Waals surface area contributed by atoms with Crippen molar-refractivity contribution >= 4 is 23.8 Å². The first-order valence-corrected chi connectivity index (χ1v) is 9.06. The quantitative estimate of drug-likeness (QED) is 0.709. The second-order valence-corrected chi connectivity index (χ2v) is 6.55. The molecule has 1 saturated heterocycles. The maximum absolute atomic E-state index is 12.7. The molecule has 4 amide bonds. The van der Waals surface area contributed by atoms with Crippen LogP contribution in [0.5, 0.6) is 0 Å². The highest BCUT2D eigenvalue weighted by Gasteiger charge is 2.38. The van der Waals surface area contributed by atoms with Gasteiger partial charge in [-0.2, -0.15) is 0 Å². The van der Waals surface area contributed by atoms with Gasteiger partial charge in [-0.15, -0.1) is 0 Å². The summed E-state index contributed by atoms with van der Waals surface area (Å²) in [6, 6.07) is 11.1. The fourth-order valence-corrected chi connectivity index (χ4v) is 3.03. The van der Waals surface area contributed by atoms with E-state index in [2.05, 4.69) is 10.6 Å². The second-order valence-electron chi connectivity index (χ2n) is 6.55. The van der Waals surface area contributed by atoms with Crippen LogP contribution in [0.15, 0.2) is 53.1 Å². The molecule has 1 aliphatic heterocycles. The third kappa shape index (κ3) is 5.01. The monoisotopic (exact) mass is 399 g/mol. The van der Waals surface area contributed by atoms with Gasteiger partial charge in [0.2, 0.25) is 12.0 Å². The first-order chi connectivity index (χ1) is 14.0. The van der Waals surface area contributed by atoms with Crippen LogP contribution in [0.2, 0.25) is 0 Å².